The van der Waals surface area contributed by atoms with Gasteiger partial charge in [0.1, 0.15) is 6.04 Å². The van der Waals surface area contributed by atoms with Crippen LogP contribution in [0.25, 0.3) is 0 Å². The van der Waals surface area contributed by atoms with Crippen LogP contribution in [0.1, 0.15) is 26.7 Å². The third-order valence-electron chi connectivity index (χ3n) is 2.01. The minimum absolute atomic E-state index is 0.236. The molecule has 0 aliphatic carbocycles. The molecule has 0 rings (SSSR count). The van der Waals surface area contributed by atoms with Crippen LogP contribution in [0.4, 0.5) is 0 Å². The molecular weight excluding hydrogens is 184 g/mol. The fraction of sp³-hybridized carbons (Fsp3) is 0.778. The third kappa shape index (κ3) is 5.53. The van der Waals surface area contributed by atoms with E-state index in [9.17, 15) is 9.59 Å². The van der Waals surface area contributed by atoms with Gasteiger partial charge < -0.3 is 16.2 Å². The van der Waals surface area contributed by atoms with Gasteiger partial charge in [0, 0.05) is 6.42 Å². The zero-order valence-corrected chi connectivity index (χ0v) is 8.62. The molecule has 14 heavy (non-hydrogen) atoms. The van der Waals surface area contributed by atoms with Crippen LogP contribution >= 0.6 is 0 Å². The topological polar surface area (TPSA) is 92.4 Å². The van der Waals surface area contributed by atoms with Crippen molar-refractivity contribution in [3.05, 3.63) is 0 Å². The van der Waals surface area contributed by atoms with E-state index in [0.29, 0.717) is 25.3 Å². The van der Waals surface area contributed by atoms with E-state index in [2.05, 4.69) is 5.32 Å². The minimum Gasteiger partial charge on any atom is -0.480 e. The van der Waals surface area contributed by atoms with Crippen LogP contribution in [0.2, 0.25) is 0 Å². The lowest BCUT2D eigenvalue weighted by atomic mass is 10.1. The van der Waals surface area contributed by atoms with Crippen LogP contribution in [0.15, 0.2) is 0 Å². The Balaban J connectivity index is 3.71. The van der Waals surface area contributed by atoms with Crippen LogP contribution in [0.3, 0.4) is 0 Å². The van der Waals surface area contributed by atoms with E-state index in [0.717, 1.165) is 0 Å². The molecule has 0 fully saturated rings. The molecule has 0 aromatic carbocycles. The summed E-state index contributed by atoms with van der Waals surface area (Å²) in [6.45, 7) is 3.93. The van der Waals surface area contributed by atoms with E-state index in [1.165, 1.54) is 6.92 Å². The van der Waals surface area contributed by atoms with Crippen molar-refractivity contribution in [2.24, 2.45) is 11.7 Å². The summed E-state index contributed by atoms with van der Waals surface area (Å²) in [7, 11) is 0. The Kier molecular flexibility index (Phi) is 5.87. The summed E-state index contributed by atoms with van der Waals surface area (Å²) in [5.41, 5.74) is 5.38. The van der Waals surface area contributed by atoms with Crippen molar-refractivity contribution in [3.63, 3.8) is 0 Å². The summed E-state index contributed by atoms with van der Waals surface area (Å²) < 4.78 is 0. The fourth-order valence-electron chi connectivity index (χ4n) is 0.871. The van der Waals surface area contributed by atoms with Gasteiger partial charge in [-0.1, -0.05) is 6.92 Å². The van der Waals surface area contributed by atoms with E-state index in [1.807, 2.05) is 6.92 Å². The van der Waals surface area contributed by atoms with Crippen molar-refractivity contribution in [3.8, 4) is 0 Å². The molecule has 5 nitrogen and oxygen atoms in total. The monoisotopic (exact) mass is 202 g/mol. The molecule has 0 aliphatic rings. The molecular formula is C9H18N2O3. The van der Waals surface area contributed by atoms with Gasteiger partial charge in [0.25, 0.3) is 0 Å². The number of carbonyl (C=O) groups is 2. The van der Waals surface area contributed by atoms with Gasteiger partial charge in [0.15, 0.2) is 0 Å². The van der Waals surface area contributed by atoms with E-state index in [4.69, 9.17) is 10.8 Å². The van der Waals surface area contributed by atoms with Crippen LogP contribution in [-0.2, 0) is 9.59 Å². The Morgan fingerprint density at radius 3 is 2.43 bits per heavy atom. The van der Waals surface area contributed by atoms with Crippen molar-refractivity contribution in [2.45, 2.75) is 32.7 Å². The molecule has 0 bridgehead atoms. The number of carboxylic acids is 1. The summed E-state index contributed by atoms with van der Waals surface area (Å²) in [5, 5.41) is 10.9. The summed E-state index contributed by atoms with van der Waals surface area (Å²) >= 11 is 0. The second-order valence-corrected chi connectivity index (χ2v) is 3.51. The Bertz CT molecular complexity index is 206. The molecule has 82 valence electrons. The average Bonchev–Trinajstić information content (AvgIpc) is 2.13. The maximum atomic E-state index is 11.2. The summed E-state index contributed by atoms with van der Waals surface area (Å²) in [6.07, 6.45) is 1.02. The predicted molar refractivity (Wildman–Crippen MR) is 52.7 cm³/mol. The predicted octanol–water partition coefficient (Wildman–Crippen LogP) is -0.0493. The van der Waals surface area contributed by atoms with Crippen LogP contribution in [0, 0.1) is 5.92 Å². The van der Waals surface area contributed by atoms with Gasteiger partial charge in [0.2, 0.25) is 5.91 Å². The van der Waals surface area contributed by atoms with Crippen molar-refractivity contribution in [1.82, 2.24) is 5.32 Å². The maximum absolute atomic E-state index is 11.2. The van der Waals surface area contributed by atoms with Crippen LogP contribution in [0.5, 0.6) is 0 Å². The zero-order valence-electron chi connectivity index (χ0n) is 8.62. The SMILES string of the molecule is CC(CN)CCC(=O)NC(C)C(=O)O. The number of nitrogens with two attached hydrogens (primary N) is 1. The normalized spacial score (nSPS) is 14.5. The van der Waals surface area contributed by atoms with Crippen molar-refractivity contribution < 1.29 is 14.7 Å². The molecule has 0 spiro atoms. The highest BCUT2D eigenvalue weighted by Crippen LogP contribution is 2.02. The fourth-order valence-corrected chi connectivity index (χ4v) is 0.871. The molecule has 0 saturated carbocycles. The molecule has 0 aromatic rings. The minimum atomic E-state index is -1.02. The Labute approximate surface area is 83.7 Å². The molecule has 0 heterocycles. The number of amides is 1. The smallest absolute Gasteiger partial charge is 0.325 e. The van der Waals surface area contributed by atoms with Crippen molar-refractivity contribution in [1.29, 1.82) is 0 Å². The number of hydrogen-bond acceptors (Lipinski definition) is 3. The first-order chi connectivity index (χ1) is 6.47. The van der Waals surface area contributed by atoms with Gasteiger partial charge in [0.05, 0.1) is 0 Å². The molecule has 0 aliphatic heterocycles. The largest absolute Gasteiger partial charge is 0.480 e. The van der Waals surface area contributed by atoms with E-state index >= 15 is 0 Å². The van der Waals surface area contributed by atoms with Gasteiger partial charge in [-0.2, -0.15) is 0 Å². The van der Waals surface area contributed by atoms with Crippen molar-refractivity contribution in [2.75, 3.05) is 6.54 Å². The molecule has 2 atom stereocenters. The molecule has 5 heteroatoms. The number of hydrogen-bond donors (Lipinski definition) is 3. The Hall–Kier alpha value is -1.10. The lowest BCUT2D eigenvalue weighted by Gasteiger charge is -2.11. The first-order valence-electron chi connectivity index (χ1n) is 4.69. The molecule has 0 saturated heterocycles. The molecule has 4 N–H and O–H groups in total. The standard InChI is InChI=1S/C9H18N2O3/c1-6(5-10)3-4-8(12)11-7(2)9(13)14/h6-7H,3-5,10H2,1-2H3,(H,11,12)(H,13,14). The second kappa shape index (κ2) is 6.37. The Morgan fingerprint density at radius 2 is 2.00 bits per heavy atom. The van der Waals surface area contributed by atoms with E-state index < -0.39 is 12.0 Å². The summed E-state index contributed by atoms with van der Waals surface area (Å²) in [5.74, 6) is -0.966. The first kappa shape index (κ1) is 12.9. The van der Waals surface area contributed by atoms with E-state index in [-0.39, 0.29) is 5.91 Å². The van der Waals surface area contributed by atoms with Gasteiger partial charge in [-0.15, -0.1) is 0 Å². The van der Waals surface area contributed by atoms with Gasteiger partial charge in [-0.25, -0.2) is 0 Å². The highest BCUT2D eigenvalue weighted by atomic mass is 16.4. The number of carbonyl (C=O) groups excluding carboxylic acids is 1. The summed E-state index contributed by atoms with van der Waals surface area (Å²) in [6, 6.07) is -0.823. The quantitative estimate of drug-likeness (QED) is 0.563. The third-order valence-corrected chi connectivity index (χ3v) is 2.01. The first-order valence-corrected chi connectivity index (χ1v) is 4.69. The zero-order chi connectivity index (χ0) is 11.1. The molecule has 1 amide bonds. The average molecular weight is 202 g/mol. The number of rotatable bonds is 6. The number of nitrogens with one attached hydrogen (secondary N) is 1. The van der Waals surface area contributed by atoms with Gasteiger partial charge >= 0.3 is 5.97 Å². The van der Waals surface area contributed by atoms with Crippen molar-refractivity contribution >= 4 is 11.9 Å². The van der Waals surface area contributed by atoms with Gasteiger partial charge in [-0.05, 0) is 25.8 Å². The Morgan fingerprint density at radius 1 is 1.43 bits per heavy atom. The molecule has 0 radical (unpaired) electrons. The van der Waals surface area contributed by atoms with Crippen LogP contribution in [-0.4, -0.2) is 29.6 Å². The number of aliphatic carboxylic acids is 1. The van der Waals surface area contributed by atoms with Crippen LogP contribution < -0.4 is 11.1 Å². The highest BCUT2D eigenvalue weighted by Gasteiger charge is 2.13. The number of carboxylic acid groups (broad SMARTS) is 1. The molecule has 0 aromatic heterocycles. The highest BCUT2D eigenvalue weighted by molar-refractivity contribution is 5.83. The lowest BCUT2D eigenvalue weighted by Crippen LogP contribution is -2.38. The lowest BCUT2D eigenvalue weighted by molar-refractivity contribution is -0.141. The maximum Gasteiger partial charge on any atom is 0.325 e. The molecule has 2 unspecified atom stereocenters. The second-order valence-electron chi connectivity index (χ2n) is 3.51. The summed E-state index contributed by atoms with van der Waals surface area (Å²) in [4.78, 5) is 21.6. The van der Waals surface area contributed by atoms with E-state index in [1.54, 1.807) is 0 Å². The van der Waals surface area contributed by atoms with Gasteiger partial charge in [-0.3, -0.25) is 9.59 Å².